The summed E-state index contributed by atoms with van der Waals surface area (Å²) < 4.78 is 1.12. The maximum Gasteiger partial charge on any atom is 0.220 e. The van der Waals surface area contributed by atoms with E-state index < -0.39 is 0 Å². The van der Waals surface area contributed by atoms with E-state index in [-0.39, 0.29) is 35.9 Å². The first-order chi connectivity index (χ1) is 12.1. The Hall–Kier alpha value is -0.830. The van der Waals surface area contributed by atoms with Crippen molar-refractivity contribution < 1.29 is 4.79 Å². The van der Waals surface area contributed by atoms with Gasteiger partial charge in [0.25, 0.3) is 0 Å². The monoisotopic (exact) mass is 536 g/mol. The lowest BCUT2D eigenvalue weighted by molar-refractivity contribution is -0.122. The third kappa shape index (κ3) is 8.24. The molecule has 1 heterocycles. The van der Waals surface area contributed by atoms with E-state index in [1.165, 1.54) is 5.56 Å². The molecule has 2 unspecified atom stereocenters. The summed E-state index contributed by atoms with van der Waals surface area (Å²) in [5, 5.41) is 9.66. The largest absolute Gasteiger partial charge is 0.357 e. The molecule has 3 N–H and O–H groups in total. The first-order valence-corrected chi connectivity index (χ1v) is 9.96. The maximum atomic E-state index is 11.3. The van der Waals surface area contributed by atoms with Crippen LogP contribution in [0.3, 0.4) is 0 Å². The van der Waals surface area contributed by atoms with Crippen molar-refractivity contribution in [3.63, 3.8) is 0 Å². The quantitative estimate of drug-likeness (QED) is 0.284. The Morgan fingerprint density at radius 3 is 2.85 bits per heavy atom. The molecular weight excluding hydrogens is 507 g/mol. The van der Waals surface area contributed by atoms with Crippen LogP contribution in [-0.2, 0) is 11.2 Å². The lowest BCUT2D eigenvalue weighted by Crippen LogP contribution is -2.51. The topological polar surface area (TPSA) is 65.5 Å². The highest BCUT2D eigenvalue weighted by atomic mass is 127. The Balaban J connectivity index is 0.00000338. The molecule has 0 aromatic heterocycles. The van der Waals surface area contributed by atoms with Gasteiger partial charge in [-0.3, -0.25) is 9.79 Å². The van der Waals surface area contributed by atoms with E-state index >= 15 is 0 Å². The summed E-state index contributed by atoms with van der Waals surface area (Å²) in [4.78, 5) is 16.1. The van der Waals surface area contributed by atoms with Gasteiger partial charge < -0.3 is 16.0 Å². The number of aliphatic imine (C=N–C) groups is 1. The van der Waals surface area contributed by atoms with Crippen molar-refractivity contribution in [2.75, 3.05) is 19.6 Å². The molecule has 1 saturated heterocycles. The summed E-state index contributed by atoms with van der Waals surface area (Å²) in [5.41, 5.74) is 1.34. The molecule has 0 saturated carbocycles. The minimum atomic E-state index is 0. The SMILES string of the molecule is CCNC(=NCC(CC)Cc1cccc(Br)c1)NC1CCC(=O)NC1.I. The molecule has 0 aliphatic carbocycles. The minimum Gasteiger partial charge on any atom is -0.357 e. The molecule has 2 rings (SSSR count). The van der Waals surface area contributed by atoms with Crippen LogP contribution in [0.15, 0.2) is 33.7 Å². The summed E-state index contributed by atoms with van der Waals surface area (Å²) >= 11 is 3.54. The summed E-state index contributed by atoms with van der Waals surface area (Å²) in [6.07, 6.45) is 3.55. The molecule has 26 heavy (non-hydrogen) atoms. The van der Waals surface area contributed by atoms with Gasteiger partial charge in [0.1, 0.15) is 0 Å². The van der Waals surface area contributed by atoms with Crippen molar-refractivity contribution >= 4 is 51.8 Å². The summed E-state index contributed by atoms with van der Waals surface area (Å²) in [6, 6.07) is 8.74. The number of hydrogen-bond acceptors (Lipinski definition) is 2. The van der Waals surface area contributed by atoms with Crippen LogP contribution in [0.1, 0.15) is 38.7 Å². The number of benzene rings is 1. The van der Waals surface area contributed by atoms with E-state index in [2.05, 4.69) is 70.0 Å². The van der Waals surface area contributed by atoms with Gasteiger partial charge in [0, 0.05) is 36.6 Å². The Morgan fingerprint density at radius 1 is 1.42 bits per heavy atom. The zero-order valence-corrected chi connectivity index (χ0v) is 19.5. The Kier molecular flexibility index (Phi) is 11.2. The number of piperidine rings is 1. The van der Waals surface area contributed by atoms with Crippen molar-refractivity contribution in [1.82, 2.24) is 16.0 Å². The molecule has 1 aromatic rings. The predicted molar refractivity (Wildman–Crippen MR) is 122 cm³/mol. The van der Waals surface area contributed by atoms with E-state index in [1.54, 1.807) is 0 Å². The molecule has 0 spiro atoms. The highest BCUT2D eigenvalue weighted by molar-refractivity contribution is 14.0. The van der Waals surface area contributed by atoms with Crippen LogP contribution in [0.5, 0.6) is 0 Å². The highest BCUT2D eigenvalue weighted by Crippen LogP contribution is 2.17. The van der Waals surface area contributed by atoms with Crippen LogP contribution in [-0.4, -0.2) is 37.5 Å². The fourth-order valence-electron chi connectivity index (χ4n) is 2.93. The number of carbonyl (C=O) groups excluding carboxylic acids is 1. The second kappa shape index (κ2) is 12.5. The molecule has 7 heteroatoms. The molecule has 1 aliphatic rings. The Morgan fingerprint density at radius 2 is 2.23 bits per heavy atom. The highest BCUT2D eigenvalue weighted by Gasteiger charge is 2.18. The molecule has 146 valence electrons. The van der Waals surface area contributed by atoms with Gasteiger partial charge in [0.15, 0.2) is 5.96 Å². The maximum absolute atomic E-state index is 11.3. The van der Waals surface area contributed by atoms with Crippen LogP contribution in [0.4, 0.5) is 0 Å². The fraction of sp³-hybridized carbons (Fsp3) is 0.579. The van der Waals surface area contributed by atoms with Gasteiger partial charge in [-0.1, -0.05) is 41.4 Å². The second-order valence-corrected chi connectivity index (χ2v) is 7.43. The van der Waals surface area contributed by atoms with Gasteiger partial charge in [-0.2, -0.15) is 0 Å². The smallest absolute Gasteiger partial charge is 0.220 e. The third-order valence-corrected chi connectivity index (χ3v) is 4.94. The Labute approximate surface area is 182 Å². The molecular formula is C19H30BrIN4O. The number of hydrogen-bond donors (Lipinski definition) is 3. The molecule has 0 bridgehead atoms. The summed E-state index contributed by atoms with van der Waals surface area (Å²) in [5.74, 6) is 1.49. The second-order valence-electron chi connectivity index (χ2n) is 6.51. The lowest BCUT2D eigenvalue weighted by atomic mass is 9.97. The number of halogens is 2. The van der Waals surface area contributed by atoms with Crippen LogP contribution >= 0.6 is 39.9 Å². The molecule has 1 aromatic carbocycles. The van der Waals surface area contributed by atoms with Crippen LogP contribution in [0.25, 0.3) is 0 Å². The number of guanidine groups is 1. The van der Waals surface area contributed by atoms with Gasteiger partial charge in [0.2, 0.25) is 5.91 Å². The average molecular weight is 537 g/mol. The third-order valence-electron chi connectivity index (χ3n) is 4.45. The zero-order valence-electron chi connectivity index (χ0n) is 15.6. The van der Waals surface area contributed by atoms with Gasteiger partial charge >= 0.3 is 0 Å². The van der Waals surface area contributed by atoms with Crippen LogP contribution in [0, 0.1) is 5.92 Å². The van der Waals surface area contributed by atoms with E-state index in [0.29, 0.717) is 18.9 Å². The van der Waals surface area contributed by atoms with E-state index in [1.807, 2.05) is 0 Å². The van der Waals surface area contributed by atoms with Gasteiger partial charge in [0.05, 0.1) is 0 Å². The standard InChI is InChI=1S/C19H29BrN4O.HI/c1-3-14(10-15-6-5-7-16(20)11-15)12-23-19(21-4-2)24-17-8-9-18(25)22-13-17;/h5-7,11,14,17H,3-4,8-10,12-13H2,1-2H3,(H,22,25)(H2,21,23,24);1H. The molecule has 1 fully saturated rings. The minimum absolute atomic E-state index is 0. The molecule has 1 amide bonds. The average Bonchev–Trinajstić information content (AvgIpc) is 2.60. The first-order valence-electron chi connectivity index (χ1n) is 9.16. The van der Waals surface area contributed by atoms with Crippen LogP contribution in [0.2, 0.25) is 0 Å². The number of amides is 1. The van der Waals surface area contributed by atoms with Crippen LogP contribution < -0.4 is 16.0 Å². The number of carbonyl (C=O) groups is 1. The van der Waals surface area contributed by atoms with Gasteiger partial charge in [-0.05, 0) is 43.4 Å². The van der Waals surface area contributed by atoms with Crippen molar-refractivity contribution in [1.29, 1.82) is 0 Å². The van der Waals surface area contributed by atoms with Crippen molar-refractivity contribution in [2.24, 2.45) is 10.9 Å². The molecule has 2 atom stereocenters. The predicted octanol–water partition coefficient (Wildman–Crippen LogP) is 3.47. The molecule has 5 nitrogen and oxygen atoms in total. The zero-order chi connectivity index (χ0) is 18.1. The van der Waals surface area contributed by atoms with Crippen molar-refractivity contribution in [2.45, 2.75) is 45.6 Å². The summed E-state index contributed by atoms with van der Waals surface area (Å²) in [6.45, 7) is 6.57. The normalized spacial score (nSPS) is 18.5. The van der Waals surface area contributed by atoms with E-state index in [4.69, 9.17) is 4.99 Å². The Bertz CT molecular complexity index is 587. The van der Waals surface area contributed by atoms with Gasteiger partial charge in [-0.25, -0.2) is 0 Å². The fourth-order valence-corrected chi connectivity index (χ4v) is 3.37. The molecule has 1 aliphatic heterocycles. The first kappa shape index (κ1) is 23.2. The van der Waals surface area contributed by atoms with Crippen molar-refractivity contribution in [3.05, 3.63) is 34.3 Å². The van der Waals surface area contributed by atoms with E-state index in [0.717, 1.165) is 42.8 Å². The molecule has 0 radical (unpaired) electrons. The lowest BCUT2D eigenvalue weighted by Gasteiger charge is -2.25. The number of rotatable bonds is 7. The summed E-state index contributed by atoms with van der Waals surface area (Å²) in [7, 11) is 0. The number of nitrogens with one attached hydrogen (secondary N) is 3. The van der Waals surface area contributed by atoms with Crippen molar-refractivity contribution in [3.8, 4) is 0 Å². The number of nitrogens with zero attached hydrogens (tertiary/aromatic N) is 1. The van der Waals surface area contributed by atoms with E-state index in [9.17, 15) is 4.79 Å². The van der Waals surface area contributed by atoms with Gasteiger partial charge in [-0.15, -0.1) is 24.0 Å².